The van der Waals surface area contributed by atoms with Gasteiger partial charge in [-0.15, -0.1) is 0 Å². The summed E-state index contributed by atoms with van der Waals surface area (Å²) in [4.78, 5) is 36.3. The lowest BCUT2D eigenvalue weighted by atomic mass is 10.1. The molecule has 0 saturated heterocycles. The number of rotatable bonds is 5. The Balaban J connectivity index is 2.05. The zero-order valence-corrected chi connectivity index (χ0v) is 16.2. The van der Waals surface area contributed by atoms with Gasteiger partial charge in [0.15, 0.2) is 0 Å². The standard InChI is InChI=1S/C18H18BrN3O4/c1-11-9-14(19)5-6-15(11)20-17(23)10-21(3)18(24)13-4-7-16(22(25)26)12(2)8-13/h4-9H,10H2,1-3H3,(H,20,23). The lowest BCUT2D eigenvalue weighted by Crippen LogP contribution is -2.35. The van der Waals surface area contributed by atoms with Crippen molar-refractivity contribution in [2.75, 3.05) is 18.9 Å². The number of hydrogen-bond acceptors (Lipinski definition) is 4. The van der Waals surface area contributed by atoms with Crippen LogP contribution in [-0.4, -0.2) is 35.2 Å². The van der Waals surface area contributed by atoms with Crippen molar-refractivity contribution < 1.29 is 14.5 Å². The number of hydrogen-bond donors (Lipinski definition) is 1. The summed E-state index contributed by atoms with van der Waals surface area (Å²) in [6.45, 7) is 3.30. The molecule has 0 unspecified atom stereocenters. The van der Waals surface area contributed by atoms with E-state index in [2.05, 4.69) is 21.2 Å². The molecule has 0 aliphatic heterocycles. The maximum atomic E-state index is 12.4. The van der Waals surface area contributed by atoms with Crippen LogP contribution in [0.5, 0.6) is 0 Å². The van der Waals surface area contributed by atoms with Crippen molar-refractivity contribution >= 4 is 39.1 Å². The van der Waals surface area contributed by atoms with Crippen molar-refractivity contribution in [3.05, 3.63) is 67.7 Å². The van der Waals surface area contributed by atoms with Gasteiger partial charge in [-0.05, 0) is 49.7 Å². The summed E-state index contributed by atoms with van der Waals surface area (Å²) in [6, 6.07) is 9.61. The molecule has 0 radical (unpaired) electrons. The molecule has 2 aromatic carbocycles. The molecule has 2 amide bonds. The van der Waals surface area contributed by atoms with Gasteiger partial charge in [0.1, 0.15) is 0 Å². The quantitative estimate of drug-likeness (QED) is 0.590. The van der Waals surface area contributed by atoms with Crippen molar-refractivity contribution in [2.45, 2.75) is 13.8 Å². The number of carbonyl (C=O) groups is 2. The van der Waals surface area contributed by atoms with E-state index in [0.29, 0.717) is 16.8 Å². The third-order valence-electron chi connectivity index (χ3n) is 3.83. The van der Waals surface area contributed by atoms with Crippen LogP contribution in [-0.2, 0) is 4.79 Å². The zero-order valence-electron chi connectivity index (χ0n) is 14.6. The molecule has 0 aliphatic carbocycles. The predicted molar refractivity (Wildman–Crippen MR) is 102 cm³/mol. The van der Waals surface area contributed by atoms with Gasteiger partial charge in [0.25, 0.3) is 11.6 Å². The number of benzene rings is 2. The van der Waals surface area contributed by atoms with Crippen LogP contribution in [0.4, 0.5) is 11.4 Å². The van der Waals surface area contributed by atoms with E-state index in [1.165, 1.54) is 30.1 Å². The molecule has 0 aliphatic rings. The maximum absolute atomic E-state index is 12.4. The molecule has 26 heavy (non-hydrogen) atoms. The number of aryl methyl sites for hydroxylation is 2. The monoisotopic (exact) mass is 419 g/mol. The van der Waals surface area contributed by atoms with Crippen LogP contribution in [0.25, 0.3) is 0 Å². The third-order valence-corrected chi connectivity index (χ3v) is 4.32. The highest BCUT2D eigenvalue weighted by Gasteiger charge is 2.18. The minimum absolute atomic E-state index is 0.0485. The number of nitrogens with one attached hydrogen (secondary N) is 1. The number of halogens is 1. The van der Waals surface area contributed by atoms with E-state index >= 15 is 0 Å². The third kappa shape index (κ3) is 4.66. The van der Waals surface area contributed by atoms with Gasteiger partial charge >= 0.3 is 0 Å². The molecule has 136 valence electrons. The van der Waals surface area contributed by atoms with Crippen molar-refractivity contribution in [1.29, 1.82) is 0 Å². The minimum Gasteiger partial charge on any atom is -0.332 e. The molecule has 1 N–H and O–H groups in total. The van der Waals surface area contributed by atoms with Crippen molar-refractivity contribution in [2.24, 2.45) is 0 Å². The summed E-state index contributed by atoms with van der Waals surface area (Å²) in [5.74, 6) is -0.712. The first-order valence-corrected chi connectivity index (χ1v) is 8.55. The number of nitro groups is 1. The largest absolute Gasteiger partial charge is 0.332 e. The summed E-state index contributed by atoms with van der Waals surface area (Å²) < 4.78 is 0.911. The fraction of sp³-hybridized carbons (Fsp3) is 0.222. The SMILES string of the molecule is Cc1cc(Br)ccc1NC(=O)CN(C)C(=O)c1ccc([N+](=O)[O-])c(C)c1. The van der Waals surface area contributed by atoms with Crippen LogP contribution in [0.1, 0.15) is 21.5 Å². The minimum atomic E-state index is -0.499. The van der Waals surface area contributed by atoms with Gasteiger partial charge in [-0.1, -0.05) is 15.9 Å². The smallest absolute Gasteiger partial charge is 0.272 e. The van der Waals surface area contributed by atoms with Crippen LogP contribution in [0, 0.1) is 24.0 Å². The second-order valence-corrected chi connectivity index (χ2v) is 6.84. The number of nitro benzene ring substituents is 1. The van der Waals surface area contributed by atoms with Gasteiger partial charge in [-0.3, -0.25) is 19.7 Å². The Kier molecular flexibility index (Phi) is 6.10. The maximum Gasteiger partial charge on any atom is 0.272 e. The molecule has 0 heterocycles. The Morgan fingerprint density at radius 2 is 1.85 bits per heavy atom. The van der Waals surface area contributed by atoms with Crippen LogP contribution >= 0.6 is 15.9 Å². The highest BCUT2D eigenvalue weighted by atomic mass is 79.9. The van der Waals surface area contributed by atoms with Crippen molar-refractivity contribution in [3.63, 3.8) is 0 Å². The van der Waals surface area contributed by atoms with Crippen LogP contribution in [0.2, 0.25) is 0 Å². The lowest BCUT2D eigenvalue weighted by Gasteiger charge is -2.17. The molecule has 0 aromatic heterocycles. The highest BCUT2D eigenvalue weighted by Crippen LogP contribution is 2.21. The highest BCUT2D eigenvalue weighted by molar-refractivity contribution is 9.10. The molecular weight excluding hydrogens is 402 g/mol. The molecule has 0 bridgehead atoms. The number of likely N-dealkylation sites (N-methyl/N-ethyl adjacent to an activating group) is 1. The Morgan fingerprint density at radius 1 is 1.15 bits per heavy atom. The van der Waals surface area contributed by atoms with E-state index in [9.17, 15) is 19.7 Å². The lowest BCUT2D eigenvalue weighted by molar-refractivity contribution is -0.385. The second-order valence-electron chi connectivity index (χ2n) is 5.93. The molecular formula is C18H18BrN3O4. The van der Waals surface area contributed by atoms with Gasteiger partial charge in [0, 0.05) is 34.4 Å². The average molecular weight is 420 g/mol. The van der Waals surface area contributed by atoms with Gasteiger partial charge in [0.05, 0.1) is 11.5 Å². The molecule has 2 aromatic rings. The molecule has 0 fully saturated rings. The second kappa shape index (κ2) is 8.09. The van der Waals surface area contributed by atoms with E-state index in [0.717, 1.165) is 10.0 Å². The molecule has 0 atom stereocenters. The van der Waals surface area contributed by atoms with Crippen LogP contribution in [0.15, 0.2) is 40.9 Å². The zero-order chi connectivity index (χ0) is 19.4. The van der Waals surface area contributed by atoms with Crippen molar-refractivity contribution in [1.82, 2.24) is 4.90 Å². The summed E-state index contributed by atoms with van der Waals surface area (Å²) in [5, 5.41) is 13.6. The Labute approximate surface area is 159 Å². The first-order chi connectivity index (χ1) is 12.2. The van der Waals surface area contributed by atoms with Gasteiger partial charge in [0.2, 0.25) is 5.91 Å². The van der Waals surface area contributed by atoms with Gasteiger partial charge in [-0.2, -0.15) is 0 Å². The van der Waals surface area contributed by atoms with Crippen LogP contribution < -0.4 is 5.32 Å². The average Bonchev–Trinajstić information content (AvgIpc) is 2.56. The van der Waals surface area contributed by atoms with E-state index in [4.69, 9.17) is 0 Å². The molecule has 0 spiro atoms. The predicted octanol–water partition coefficient (Wildman–Crippen LogP) is 3.68. The van der Waals surface area contributed by atoms with Crippen LogP contribution in [0.3, 0.4) is 0 Å². The number of anilines is 1. The number of amides is 2. The van der Waals surface area contributed by atoms with E-state index in [1.807, 2.05) is 19.1 Å². The molecule has 2 rings (SSSR count). The summed E-state index contributed by atoms with van der Waals surface area (Å²) in [6.07, 6.45) is 0. The first kappa shape index (κ1) is 19.6. The fourth-order valence-electron chi connectivity index (χ4n) is 2.46. The Hall–Kier alpha value is -2.74. The fourth-order valence-corrected chi connectivity index (χ4v) is 2.93. The van der Waals surface area contributed by atoms with E-state index in [1.54, 1.807) is 13.0 Å². The van der Waals surface area contributed by atoms with E-state index in [-0.39, 0.29) is 24.0 Å². The molecule has 0 saturated carbocycles. The topological polar surface area (TPSA) is 92.6 Å². The Morgan fingerprint density at radius 3 is 2.42 bits per heavy atom. The van der Waals surface area contributed by atoms with Gasteiger partial charge in [-0.25, -0.2) is 0 Å². The number of carbonyl (C=O) groups excluding carboxylic acids is 2. The Bertz CT molecular complexity index is 883. The normalized spacial score (nSPS) is 10.3. The number of nitrogens with zero attached hydrogens (tertiary/aromatic N) is 2. The van der Waals surface area contributed by atoms with E-state index < -0.39 is 4.92 Å². The molecule has 7 nitrogen and oxygen atoms in total. The summed E-state index contributed by atoms with van der Waals surface area (Å²) in [7, 11) is 1.51. The summed E-state index contributed by atoms with van der Waals surface area (Å²) >= 11 is 3.36. The van der Waals surface area contributed by atoms with Gasteiger partial charge < -0.3 is 10.2 Å². The summed E-state index contributed by atoms with van der Waals surface area (Å²) in [5.41, 5.74) is 2.21. The molecule has 8 heteroatoms. The van der Waals surface area contributed by atoms with Crippen molar-refractivity contribution in [3.8, 4) is 0 Å². The first-order valence-electron chi connectivity index (χ1n) is 7.75.